The molecule has 0 spiro atoms. The lowest BCUT2D eigenvalue weighted by atomic mass is 10.0. The molecule has 0 aliphatic rings. The molecule has 0 atom stereocenters. The number of aromatic hydroxyl groups is 1. The summed E-state index contributed by atoms with van der Waals surface area (Å²) in [4.78, 5) is 0. The molecule has 2 rings (SSSR count). The lowest BCUT2D eigenvalue weighted by Crippen LogP contribution is -1.95. The van der Waals surface area contributed by atoms with Crippen LogP contribution >= 0.6 is 0 Å². The van der Waals surface area contributed by atoms with Crippen LogP contribution in [-0.4, -0.2) is 11.7 Å². The second kappa shape index (κ2) is 4.91. The summed E-state index contributed by atoms with van der Waals surface area (Å²) < 4.78 is 5.57. The van der Waals surface area contributed by atoms with Crippen LogP contribution in [0.15, 0.2) is 42.5 Å². The summed E-state index contributed by atoms with van der Waals surface area (Å²) in [5.41, 5.74) is 2.97. The minimum absolute atomic E-state index is 0.271. The predicted molar refractivity (Wildman–Crippen MR) is 69.4 cm³/mol. The third-order valence-electron chi connectivity index (χ3n) is 2.68. The highest BCUT2D eigenvalue weighted by Crippen LogP contribution is 2.35. The molecule has 0 saturated carbocycles. The van der Waals surface area contributed by atoms with Crippen molar-refractivity contribution in [3.8, 4) is 22.6 Å². The van der Waals surface area contributed by atoms with Crippen LogP contribution in [0.1, 0.15) is 12.5 Å². The number of rotatable bonds is 3. The Bertz CT molecular complexity index is 504. The Kier molecular flexibility index (Phi) is 3.33. The fourth-order valence-electron chi connectivity index (χ4n) is 1.80. The van der Waals surface area contributed by atoms with Crippen LogP contribution in [0, 0.1) is 6.92 Å². The monoisotopic (exact) mass is 228 g/mol. The van der Waals surface area contributed by atoms with E-state index in [1.165, 1.54) is 0 Å². The van der Waals surface area contributed by atoms with Crippen molar-refractivity contribution in [1.82, 2.24) is 0 Å². The number of phenolic OH excluding ortho intramolecular Hbond substituents is 1. The van der Waals surface area contributed by atoms with Crippen molar-refractivity contribution in [3.05, 3.63) is 48.0 Å². The van der Waals surface area contributed by atoms with Gasteiger partial charge >= 0.3 is 0 Å². The van der Waals surface area contributed by atoms with Gasteiger partial charge in [-0.15, -0.1) is 0 Å². The molecule has 0 amide bonds. The highest BCUT2D eigenvalue weighted by atomic mass is 16.5. The quantitative estimate of drug-likeness (QED) is 0.866. The number of phenols is 1. The average Bonchev–Trinajstić information content (AvgIpc) is 2.35. The van der Waals surface area contributed by atoms with Crippen molar-refractivity contribution in [1.29, 1.82) is 0 Å². The summed E-state index contributed by atoms with van der Waals surface area (Å²) >= 11 is 0. The van der Waals surface area contributed by atoms with Crippen LogP contribution in [-0.2, 0) is 0 Å². The molecular weight excluding hydrogens is 212 g/mol. The highest BCUT2D eigenvalue weighted by molar-refractivity contribution is 5.72. The summed E-state index contributed by atoms with van der Waals surface area (Å²) in [5.74, 6) is 0.995. The Morgan fingerprint density at radius 3 is 2.47 bits per heavy atom. The third-order valence-corrected chi connectivity index (χ3v) is 2.68. The van der Waals surface area contributed by atoms with Crippen molar-refractivity contribution in [2.75, 3.05) is 6.61 Å². The van der Waals surface area contributed by atoms with E-state index in [2.05, 4.69) is 0 Å². The molecule has 17 heavy (non-hydrogen) atoms. The third kappa shape index (κ3) is 2.41. The van der Waals surface area contributed by atoms with E-state index in [0.717, 1.165) is 22.4 Å². The molecule has 0 aliphatic carbocycles. The molecule has 2 aromatic carbocycles. The van der Waals surface area contributed by atoms with E-state index in [0.29, 0.717) is 6.61 Å². The van der Waals surface area contributed by atoms with Crippen LogP contribution in [0.5, 0.6) is 11.5 Å². The summed E-state index contributed by atoms with van der Waals surface area (Å²) in [7, 11) is 0. The number of aryl methyl sites for hydroxylation is 1. The first-order chi connectivity index (χ1) is 8.22. The summed E-state index contributed by atoms with van der Waals surface area (Å²) in [5, 5.41) is 9.72. The molecule has 88 valence electrons. The lowest BCUT2D eigenvalue weighted by Gasteiger charge is -2.12. The zero-order chi connectivity index (χ0) is 12.3. The second-order valence-electron chi connectivity index (χ2n) is 3.93. The van der Waals surface area contributed by atoms with E-state index in [-0.39, 0.29) is 5.75 Å². The molecule has 0 saturated heterocycles. The molecule has 2 heteroatoms. The Balaban J connectivity index is 2.55. The van der Waals surface area contributed by atoms with Crippen LogP contribution in [0.4, 0.5) is 0 Å². The van der Waals surface area contributed by atoms with Crippen molar-refractivity contribution in [3.63, 3.8) is 0 Å². The van der Waals surface area contributed by atoms with Gasteiger partial charge in [0, 0.05) is 11.6 Å². The summed E-state index contributed by atoms with van der Waals surface area (Å²) in [6.45, 7) is 4.41. The van der Waals surface area contributed by atoms with Gasteiger partial charge in [0.2, 0.25) is 0 Å². The minimum Gasteiger partial charge on any atom is -0.508 e. The Labute approximate surface area is 101 Å². The Morgan fingerprint density at radius 1 is 1.12 bits per heavy atom. The SMILES string of the molecule is CCOc1cc(O)c(C)cc1-c1ccccc1. The number of hydrogen-bond donors (Lipinski definition) is 1. The maximum absolute atomic E-state index is 9.72. The van der Waals surface area contributed by atoms with Gasteiger partial charge in [-0.2, -0.15) is 0 Å². The van der Waals surface area contributed by atoms with E-state index in [1.807, 2.05) is 50.2 Å². The molecule has 0 radical (unpaired) electrons. The van der Waals surface area contributed by atoms with Gasteiger partial charge in [0.15, 0.2) is 0 Å². The van der Waals surface area contributed by atoms with Gasteiger partial charge in [-0.1, -0.05) is 30.3 Å². The molecule has 1 N–H and O–H groups in total. The Morgan fingerprint density at radius 2 is 1.82 bits per heavy atom. The number of hydrogen-bond acceptors (Lipinski definition) is 2. The number of ether oxygens (including phenoxy) is 1. The zero-order valence-electron chi connectivity index (χ0n) is 10.1. The van der Waals surface area contributed by atoms with Gasteiger partial charge in [-0.25, -0.2) is 0 Å². The first-order valence-electron chi connectivity index (χ1n) is 5.74. The van der Waals surface area contributed by atoms with Gasteiger partial charge in [-0.05, 0) is 31.0 Å². The van der Waals surface area contributed by atoms with E-state index >= 15 is 0 Å². The maximum atomic E-state index is 9.72. The van der Waals surface area contributed by atoms with Crippen molar-refractivity contribution >= 4 is 0 Å². The largest absolute Gasteiger partial charge is 0.508 e. The predicted octanol–water partition coefficient (Wildman–Crippen LogP) is 3.77. The normalized spacial score (nSPS) is 10.2. The minimum atomic E-state index is 0.271. The first kappa shape index (κ1) is 11.5. The van der Waals surface area contributed by atoms with Gasteiger partial charge in [0.25, 0.3) is 0 Å². The van der Waals surface area contributed by atoms with E-state index < -0.39 is 0 Å². The van der Waals surface area contributed by atoms with Crippen molar-refractivity contribution in [2.24, 2.45) is 0 Å². The summed E-state index contributed by atoms with van der Waals surface area (Å²) in [6.07, 6.45) is 0. The molecule has 0 aliphatic heterocycles. The van der Waals surface area contributed by atoms with Crippen molar-refractivity contribution < 1.29 is 9.84 Å². The fraction of sp³-hybridized carbons (Fsp3) is 0.200. The van der Waals surface area contributed by atoms with E-state index in [1.54, 1.807) is 6.07 Å². The highest BCUT2D eigenvalue weighted by Gasteiger charge is 2.09. The maximum Gasteiger partial charge on any atom is 0.130 e. The van der Waals surface area contributed by atoms with Crippen LogP contribution < -0.4 is 4.74 Å². The fourth-order valence-corrected chi connectivity index (χ4v) is 1.80. The van der Waals surface area contributed by atoms with Gasteiger partial charge < -0.3 is 9.84 Å². The smallest absolute Gasteiger partial charge is 0.130 e. The molecule has 0 heterocycles. The second-order valence-corrected chi connectivity index (χ2v) is 3.93. The topological polar surface area (TPSA) is 29.5 Å². The molecule has 2 aromatic rings. The van der Waals surface area contributed by atoms with Gasteiger partial charge in [0.1, 0.15) is 11.5 Å². The van der Waals surface area contributed by atoms with Crippen molar-refractivity contribution in [2.45, 2.75) is 13.8 Å². The molecule has 0 aromatic heterocycles. The first-order valence-corrected chi connectivity index (χ1v) is 5.74. The average molecular weight is 228 g/mol. The zero-order valence-corrected chi connectivity index (χ0v) is 10.1. The Hall–Kier alpha value is -1.96. The molecule has 0 bridgehead atoms. The summed E-state index contributed by atoms with van der Waals surface area (Å²) in [6, 6.07) is 13.7. The number of benzene rings is 2. The lowest BCUT2D eigenvalue weighted by molar-refractivity contribution is 0.339. The van der Waals surface area contributed by atoms with Crippen LogP contribution in [0.3, 0.4) is 0 Å². The molecule has 0 unspecified atom stereocenters. The van der Waals surface area contributed by atoms with Gasteiger partial charge in [0.05, 0.1) is 6.61 Å². The molecule has 2 nitrogen and oxygen atoms in total. The standard InChI is InChI=1S/C15H16O2/c1-3-17-15-10-14(16)11(2)9-13(15)12-7-5-4-6-8-12/h4-10,16H,3H2,1-2H3. The van der Waals surface area contributed by atoms with Crippen LogP contribution in [0.2, 0.25) is 0 Å². The van der Waals surface area contributed by atoms with E-state index in [4.69, 9.17) is 4.74 Å². The van der Waals surface area contributed by atoms with Crippen LogP contribution in [0.25, 0.3) is 11.1 Å². The molecule has 0 fully saturated rings. The van der Waals surface area contributed by atoms with E-state index in [9.17, 15) is 5.11 Å². The molecular formula is C15H16O2. The van der Waals surface area contributed by atoms with Gasteiger partial charge in [-0.3, -0.25) is 0 Å².